The highest BCUT2D eigenvalue weighted by Crippen LogP contribution is 2.23. The number of esters is 1. The molecule has 3 nitrogen and oxygen atoms in total. The maximum atomic E-state index is 11.6. The molecule has 0 aliphatic heterocycles. The van der Waals surface area contributed by atoms with Crippen molar-refractivity contribution < 1.29 is 9.53 Å². The van der Waals surface area contributed by atoms with Crippen LogP contribution in [0, 0.1) is 6.92 Å². The van der Waals surface area contributed by atoms with Gasteiger partial charge in [0.05, 0.1) is 12.7 Å². The van der Waals surface area contributed by atoms with Crippen LogP contribution in [-0.2, 0) is 11.3 Å². The van der Waals surface area contributed by atoms with Gasteiger partial charge >= 0.3 is 5.97 Å². The number of nitrogens with one attached hydrogen (secondary N) is 1. The van der Waals surface area contributed by atoms with E-state index in [1.54, 1.807) is 17.4 Å². The second-order valence-electron chi connectivity index (χ2n) is 4.05. The van der Waals surface area contributed by atoms with E-state index in [2.05, 4.69) is 32.7 Å². The summed E-state index contributed by atoms with van der Waals surface area (Å²) >= 11 is 5.12. The molecule has 0 fully saturated rings. The summed E-state index contributed by atoms with van der Waals surface area (Å²) in [4.78, 5) is 12.8. The molecule has 100 valence electrons. The Bertz CT molecular complexity index is 595. The fraction of sp³-hybridized carbons (Fsp3) is 0.214. The van der Waals surface area contributed by atoms with Gasteiger partial charge in [-0.1, -0.05) is 6.07 Å². The van der Waals surface area contributed by atoms with Crippen molar-refractivity contribution in [1.29, 1.82) is 0 Å². The zero-order valence-electron chi connectivity index (χ0n) is 10.7. The van der Waals surface area contributed by atoms with Gasteiger partial charge in [0.15, 0.2) is 0 Å². The molecule has 0 radical (unpaired) electrons. The van der Waals surface area contributed by atoms with Crippen molar-refractivity contribution in [2.75, 3.05) is 12.4 Å². The molecule has 1 aromatic heterocycles. The average Bonchev–Trinajstić information content (AvgIpc) is 2.82. The summed E-state index contributed by atoms with van der Waals surface area (Å²) in [6.07, 6.45) is 0. The first-order valence-electron chi connectivity index (χ1n) is 5.76. The Morgan fingerprint density at radius 3 is 2.89 bits per heavy atom. The molecule has 1 N–H and O–H groups in total. The van der Waals surface area contributed by atoms with E-state index in [0.717, 1.165) is 22.3 Å². The average molecular weight is 340 g/mol. The Labute approximate surface area is 124 Å². The number of methoxy groups -OCH3 is 1. The minimum absolute atomic E-state index is 0.306. The van der Waals surface area contributed by atoms with Crippen molar-refractivity contribution >= 4 is 38.9 Å². The van der Waals surface area contributed by atoms with Crippen LogP contribution < -0.4 is 5.32 Å². The molecular formula is C14H14BrNO2S. The monoisotopic (exact) mass is 339 g/mol. The van der Waals surface area contributed by atoms with Crippen molar-refractivity contribution in [3.8, 4) is 0 Å². The molecule has 19 heavy (non-hydrogen) atoms. The molecule has 1 aromatic carbocycles. The highest BCUT2D eigenvalue weighted by atomic mass is 79.9. The van der Waals surface area contributed by atoms with Crippen LogP contribution in [0.4, 0.5) is 5.69 Å². The van der Waals surface area contributed by atoms with Crippen molar-refractivity contribution in [1.82, 2.24) is 0 Å². The van der Waals surface area contributed by atoms with Gasteiger partial charge in [-0.3, -0.25) is 0 Å². The summed E-state index contributed by atoms with van der Waals surface area (Å²) in [5.74, 6) is -0.306. The van der Waals surface area contributed by atoms with Crippen LogP contribution in [0.3, 0.4) is 0 Å². The Balaban J connectivity index is 2.14. The smallest absolute Gasteiger partial charge is 0.338 e. The van der Waals surface area contributed by atoms with Gasteiger partial charge in [-0.15, -0.1) is 11.3 Å². The molecule has 0 saturated carbocycles. The zero-order valence-corrected chi connectivity index (χ0v) is 13.1. The molecule has 0 spiro atoms. The third-order valence-corrected chi connectivity index (χ3v) is 4.51. The Morgan fingerprint density at radius 1 is 1.47 bits per heavy atom. The summed E-state index contributed by atoms with van der Waals surface area (Å²) in [7, 11) is 1.39. The first-order valence-corrected chi connectivity index (χ1v) is 7.44. The van der Waals surface area contributed by atoms with E-state index in [-0.39, 0.29) is 5.97 Å². The number of thiophene rings is 1. The summed E-state index contributed by atoms with van der Waals surface area (Å²) in [5.41, 5.74) is 2.46. The lowest BCUT2D eigenvalue weighted by molar-refractivity contribution is 0.0600. The second-order valence-corrected chi connectivity index (χ2v) is 5.97. The fourth-order valence-corrected chi connectivity index (χ4v) is 3.18. The third-order valence-electron chi connectivity index (χ3n) is 2.81. The minimum atomic E-state index is -0.306. The molecule has 0 unspecified atom stereocenters. The summed E-state index contributed by atoms with van der Waals surface area (Å²) in [6.45, 7) is 2.65. The predicted octanol–water partition coefficient (Wildman–Crippen LogP) is 4.22. The molecule has 2 aromatic rings. The number of carbonyl (C=O) groups excluding carboxylic acids is 1. The summed E-state index contributed by atoms with van der Waals surface area (Å²) in [6, 6.07) is 7.67. The largest absolute Gasteiger partial charge is 0.465 e. The lowest BCUT2D eigenvalue weighted by Crippen LogP contribution is -2.07. The van der Waals surface area contributed by atoms with Gasteiger partial charge in [0.2, 0.25) is 0 Å². The normalized spacial score (nSPS) is 10.3. The van der Waals surface area contributed by atoms with Gasteiger partial charge in [-0.05, 0) is 46.6 Å². The molecule has 0 bridgehead atoms. The van der Waals surface area contributed by atoms with Crippen LogP contribution in [0.5, 0.6) is 0 Å². The Hall–Kier alpha value is -1.33. The number of ether oxygens (including phenoxy) is 1. The van der Waals surface area contributed by atoms with Crippen molar-refractivity contribution in [2.24, 2.45) is 0 Å². The van der Waals surface area contributed by atoms with E-state index in [1.165, 1.54) is 12.0 Å². The van der Waals surface area contributed by atoms with E-state index in [1.807, 2.05) is 19.1 Å². The molecule has 0 saturated heterocycles. The molecule has 0 amide bonds. The van der Waals surface area contributed by atoms with Crippen LogP contribution in [-0.4, -0.2) is 13.1 Å². The summed E-state index contributed by atoms with van der Waals surface area (Å²) < 4.78 is 5.86. The number of hydrogen-bond acceptors (Lipinski definition) is 4. The van der Waals surface area contributed by atoms with Crippen molar-refractivity contribution in [3.05, 3.63) is 50.1 Å². The first-order chi connectivity index (χ1) is 9.11. The lowest BCUT2D eigenvalue weighted by Gasteiger charge is -2.11. The Kier molecular flexibility index (Phi) is 4.61. The van der Waals surface area contributed by atoms with E-state index in [0.29, 0.717) is 5.56 Å². The SMILES string of the molecule is COC(=O)c1cccc(NCc2cc(Br)cs2)c1C. The van der Waals surface area contributed by atoms with Crippen LogP contribution in [0.25, 0.3) is 0 Å². The van der Waals surface area contributed by atoms with Gasteiger partial charge in [0, 0.05) is 27.0 Å². The van der Waals surface area contributed by atoms with E-state index >= 15 is 0 Å². The van der Waals surface area contributed by atoms with Gasteiger partial charge in [-0.2, -0.15) is 0 Å². The molecule has 2 rings (SSSR count). The molecule has 0 aliphatic rings. The minimum Gasteiger partial charge on any atom is -0.465 e. The van der Waals surface area contributed by atoms with Crippen LogP contribution >= 0.6 is 27.3 Å². The number of halogens is 1. The zero-order chi connectivity index (χ0) is 13.8. The fourth-order valence-electron chi connectivity index (χ4n) is 1.79. The number of carbonyl (C=O) groups is 1. The van der Waals surface area contributed by atoms with Gasteiger partial charge in [0.1, 0.15) is 0 Å². The van der Waals surface area contributed by atoms with E-state index in [4.69, 9.17) is 4.74 Å². The van der Waals surface area contributed by atoms with Crippen molar-refractivity contribution in [3.63, 3.8) is 0 Å². The van der Waals surface area contributed by atoms with Gasteiger partial charge in [0.25, 0.3) is 0 Å². The molecule has 5 heteroatoms. The van der Waals surface area contributed by atoms with E-state index < -0.39 is 0 Å². The Morgan fingerprint density at radius 2 is 2.26 bits per heavy atom. The number of benzene rings is 1. The van der Waals surface area contributed by atoms with Crippen LogP contribution in [0.2, 0.25) is 0 Å². The predicted molar refractivity (Wildman–Crippen MR) is 81.9 cm³/mol. The van der Waals surface area contributed by atoms with Crippen molar-refractivity contribution in [2.45, 2.75) is 13.5 Å². The van der Waals surface area contributed by atoms with E-state index in [9.17, 15) is 4.79 Å². The highest BCUT2D eigenvalue weighted by molar-refractivity contribution is 9.10. The lowest BCUT2D eigenvalue weighted by atomic mass is 10.1. The maximum absolute atomic E-state index is 11.6. The topological polar surface area (TPSA) is 38.3 Å². The van der Waals surface area contributed by atoms with Crippen LogP contribution in [0.1, 0.15) is 20.8 Å². The first kappa shape index (κ1) is 14.1. The maximum Gasteiger partial charge on any atom is 0.338 e. The quantitative estimate of drug-likeness (QED) is 0.847. The summed E-state index contributed by atoms with van der Waals surface area (Å²) in [5, 5.41) is 5.39. The molecule has 1 heterocycles. The number of rotatable bonds is 4. The standard InChI is InChI=1S/C14H14BrNO2S/c1-9-12(14(17)18-2)4-3-5-13(9)16-7-11-6-10(15)8-19-11/h3-6,8,16H,7H2,1-2H3. The van der Waals surface area contributed by atoms with Gasteiger partial charge < -0.3 is 10.1 Å². The molecule has 0 aliphatic carbocycles. The molecular weight excluding hydrogens is 326 g/mol. The number of anilines is 1. The number of hydrogen-bond donors (Lipinski definition) is 1. The highest BCUT2D eigenvalue weighted by Gasteiger charge is 2.11. The second kappa shape index (κ2) is 6.21. The molecule has 0 atom stereocenters. The van der Waals surface area contributed by atoms with Crippen LogP contribution in [0.15, 0.2) is 34.1 Å². The third kappa shape index (κ3) is 3.36. The van der Waals surface area contributed by atoms with Gasteiger partial charge in [-0.25, -0.2) is 4.79 Å².